The first-order chi connectivity index (χ1) is 7.09. The second-order valence-corrected chi connectivity index (χ2v) is 3.18. The first-order valence-corrected chi connectivity index (χ1v) is 4.68. The van der Waals surface area contributed by atoms with Crippen LogP contribution in [-0.4, -0.2) is 17.7 Å². The number of alkyl halides is 1. The van der Waals surface area contributed by atoms with Crippen LogP contribution in [0.3, 0.4) is 0 Å². The van der Waals surface area contributed by atoms with Gasteiger partial charge in [-0.1, -0.05) is 12.1 Å². The molecular weight excluding hydrogens is 199 g/mol. The lowest BCUT2D eigenvalue weighted by Crippen LogP contribution is -2.04. The molecule has 0 amide bonds. The van der Waals surface area contributed by atoms with Crippen LogP contribution >= 0.6 is 0 Å². The van der Waals surface area contributed by atoms with Crippen LogP contribution in [0.5, 0.6) is 5.75 Å². The summed E-state index contributed by atoms with van der Waals surface area (Å²) in [6, 6.07) is 6.52. The Kier molecular flexibility index (Phi) is 4.09. The van der Waals surface area contributed by atoms with E-state index in [0.29, 0.717) is 11.3 Å². The van der Waals surface area contributed by atoms with Crippen molar-refractivity contribution in [1.82, 2.24) is 0 Å². The van der Waals surface area contributed by atoms with Crippen LogP contribution in [0.4, 0.5) is 4.39 Å². The zero-order valence-electron chi connectivity index (χ0n) is 8.44. The number of hydrogen-bond donors (Lipinski definition) is 1. The third-order valence-electron chi connectivity index (χ3n) is 1.92. The van der Waals surface area contributed by atoms with Gasteiger partial charge in [-0.15, -0.1) is 0 Å². The lowest BCUT2D eigenvalue weighted by molar-refractivity contribution is -0.137. The molecule has 0 heterocycles. The number of hydrogen-bond acceptors (Lipinski definition) is 2. The van der Waals surface area contributed by atoms with Crippen molar-refractivity contribution in [2.75, 3.05) is 6.61 Å². The minimum Gasteiger partial charge on any atom is -0.493 e. The lowest BCUT2D eigenvalue weighted by atomic mass is 10.1. The highest BCUT2D eigenvalue weighted by Crippen LogP contribution is 2.19. The molecule has 0 aliphatic carbocycles. The second-order valence-electron chi connectivity index (χ2n) is 3.18. The fourth-order valence-corrected chi connectivity index (χ4v) is 1.09. The molecule has 0 aliphatic heterocycles. The van der Waals surface area contributed by atoms with Gasteiger partial charge in [-0.3, -0.25) is 4.79 Å². The van der Waals surface area contributed by atoms with Crippen LogP contribution in [0.2, 0.25) is 0 Å². The van der Waals surface area contributed by atoms with Crippen LogP contribution in [0.1, 0.15) is 25.1 Å². The number of rotatable bonds is 5. The fourth-order valence-electron chi connectivity index (χ4n) is 1.09. The summed E-state index contributed by atoms with van der Waals surface area (Å²) < 4.78 is 18.0. The quantitative estimate of drug-likeness (QED) is 0.815. The van der Waals surface area contributed by atoms with E-state index in [9.17, 15) is 9.18 Å². The zero-order valence-corrected chi connectivity index (χ0v) is 8.44. The normalized spacial score (nSPS) is 12.1. The van der Waals surface area contributed by atoms with Crippen molar-refractivity contribution in [3.63, 3.8) is 0 Å². The van der Waals surface area contributed by atoms with E-state index < -0.39 is 12.1 Å². The van der Waals surface area contributed by atoms with E-state index in [1.807, 2.05) is 0 Å². The lowest BCUT2D eigenvalue weighted by Gasteiger charge is -2.06. The van der Waals surface area contributed by atoms with Gasteiger partial charge in [0.15, 0.2) is 0 Å². The summed E-state index contributed by atoms with van der Waals surface area (Å²) in [6.07, 6.45) is -1.04. The van der Waals surface area contributed by atoms with Gasteiger partial charge in [-0.2, -0.15) is 0 Å². The van der Waals surface area contributed by atoms with Gasteiger partial charge in [0.05, 0.1) is 13.0 Å². The molecule has 4 heteroatoms. The Labute approximate surface area is 87.5 Å². The Morgan fingerprint density at radius 2 is 2.07 bits per heavy atom. The summed E-state index contributed by atoms with van der Waals surface area (Å²) in [5.74, 6) is -0.343. The van der Waals surface area contributed by atoms with Crippen molar-refractivity contribution in [2.24, 2.45) is 0 Å². The van der Waals surface area contributed by atoms with E-state index in [1.165, 1.54) is 6.92 Å². The molecular formula is C11H13FO3. The smallest absolute Gasteiger partial charge is 0.306 e. The Hall–Kier alpha value is -1.58. The number of aliphatic carboxylic acids is 1. The molecule has 0 spiro atoms. The van der Waals surface area contributed by atoms with Gasteiger partial charge in [-0.25, -0.2) is 4.39 Å². The van der Waals surface area contributed by atoms with E-state index in [-0.39, 0.29) is 13.0 Å². The van der Waals surface area contributed by atoms with Gasteiger partial charge < -0.3 is 9.84 Å². The molecule has 82 valence electrons. The molecule has 0 radical (unpaired) electrons. The molecule has 0 saturated heterocycles. The molecule has 1 aromatic rings. The SMILES string of the molecule is CC(F)c1ccc(OCCC(=O)O)cc1. The molecule has 0 aliphatic rings. The van der Waals surface area contributed by atoms with Crippen molar-refractivity contribution < 1.29 is 19.0 Å². The van der Waals surface area contributed by atoms with Crippen LogP contribution < -0.4 is 4.74 Å². The van der Waals surface area contributed by atoms with Crippen LogP contribution in [-0.2, 0) is 4.79 Å². The highest BCUT2D eigenvalue weighted by atomic mass is 19.1. The molecule has 1 N–H and O–H groups in total. The Balaban J connectivity index is 2.46. The maximum Gasteiger partial charge on any atom is 0.306 e. The zero-order chi connectivity index (χ0) is 11.3. The van der Waals surface area contributed by atoms with Crippen molar-refractivity contribution in [1.29, 1.82) is 0 Å². The van der Waals surface area contributed by atoms with E-state index in [1.54, 1.807) is 24.3 Å². The van der Waals surface area contributed by atoms with Crippen LogP contribution in [0.25, 0.3) is 0 Å². The molecule has 0 fully saturated rings. The maximum absolute atomic E-state index is 12.8. The number of halogens is 1. The molecule has 3 nitrogen and oxygen atoms in total. The Bertz CT molecular complexity index is 319. The summed E-state index contributed by atoms with van der Waals surface area (Å²) in [5, 5.41) is 8.38. The molecule has 0 aromatic heterocycles. The maximum atomic E-state index is 12.8. The summed E-state index contributed by atoms with van der Waals surface area (Å²) in [4.78, 5) is 10.2. The van der Waals surface area contributed by atoms with Gasteiger partial charge in [0.1, 0.15) is 11.9 Å². The average molecular weight is 212 g/mol. The predicted octanol–water partition coefficient (Wildman–Crippen LogP) is 2.57. The third-order valence-corrected chi connectivity index (χ3v) is 1.92. The Morgan fingerprint density at radius 3 is 2.53 bits per heavy atom. The first-order valence-electron chi connectivity index (χ1n) is 4.68. The summed E-state index contributed by atoms with van der Waals surface area (Å²) in [6.45, 7) is 1.58. The topological polar surface area (TPSA) is 46.5 Å². The molecule has 1 unspecified atom stereocenters. The largest absolute Gasteiger partial charge is 0.493 e. The monoisotopic (exact) mass is 212 g/mol. The molecule has 1 rings (SSSR count). The standard InChI is InChI=1S/C11H13FO3/c1-8(12)9-2-4-10(5-3-9)15-7-6-11(13)14/h2-5,8H,6-7H2,1H3,(H,13,14). The second kappa shape index (κ2) is 5.34. The van der Waals surface area contributed by atoms with Crippen LogP contribution in [0, 0.1) is 0 Å². The molecule has 15 heavy (non-hydrogen) atoms. The van der Waals surface area contributed by atoms with Crippen molar-refractivity contribution in [3.05, 3.63) is 29.8 Å². The molecule has 1 aromatic carbocycles. The minimum absolute atomic E-state index is 0.0404. The van der Waals surface area contributed by atoms with Crippen LogP contribution in [0.15, 0.2) is 24.3 Å². The number of benzene rings is 1. The molecule has 0 bridgehead atoms. The van der Waals surface area contributed by atoms with Gasteiger partial charge in [-0.05, 0) is 24.6 Å². The predicted molar refractivity (Wildman–Crippen MR) is 53.7 cm³/mol. The van der Waals surface area contributed by atoms with E-state index >= 15 is 0 Å². The minimum atomic E-state index is -1.00. The number of carbonyl (C=O) groups is 1. The summed E-state index contributed by atoms with van der Waals surface area (Å²) in [5.41, 5.74) is 0.584. The van der Waals surface area contributed by atoms with Crippen molar-refractivity contribution in [2.45, 2.75) is 19.5 Å². The van der Waals surface area contributed by atoms with E-state index in [2.05, 4.69) is 0 Å². The van der Waals surface area contributed by atoms with E-state index in [4.69, 9.17) is 9.84 Å². The molecule has 1 atom stereocenters. The summed E-state index contributed by atoms with van der Waals surface area (Å²) >= 11 is 0. The van der Waals surface area contributed by atoms with Gasteiger partial charge in [0, 0.05) is 0 Å². The summed E-state index contributed by atoms with van der Waals surface area (Å²) in [7, 11) is 0. The number of carboxylic acid groups (broad SMARTS) is 1. The number of carboxylic acids is 1. The molecule has 0 saturated carbocycles. The van der Waals surface area contributed by atoms with Gasteiger partial charge >= 0.3 is 5.97 Å². The fraction of sp³-hybridized carbons (Fsp3) is 0.364. The third kappa shape index (κ3) is 3.97. The van der Waals surface area contributed by atoms with Crippen molar-refractivity contribution >= 4 is 5.97 Å². The van der Waals surface area contributed by atoms with Gasteiger partial charge in [0.2, 0.25) is 0 Å². The first kappa shape index (κ1) is 11.5. The van der Waals surface area contributed by atoms with E-state index in [0.717, 1.165) is 0 Å². The number of ether oxygens (including phenoxy) is 1. The van der Waals surface area contributed by atoms with Gasteiger partial charge in [0.25, 0.3) is 0 Å². The Morgan fingerprint density at radius 1 is 1.47 bits per heavy atom. The average Bonchev–Trinajstić information content (AvgIpc) is 2.18. The van der Waals surface area contributed by atoms with Crippen molar-refractivity contribution in [3.8, 4) is 5.75 Å². The highest BCUT2D eigenvalue weighted by Gasteiger charge is 2.03. The highest BCUT2D eigenvalue weighted by molar-refractivity contribution is 5.66.